The summed E-state index contributed by atoms with van der Waals surface area (Å²) in [6, 6.07) is 1.50. The van der Waals surface area contributed by atoms with Gasteiger partial charge in [0.2, 0.25) is 5.82 Å². The second-order valence-electron chi connectivity index (χ2n) is 2.28. The number of hydrogen-bond acceptors (Lipinski definition) is 2. The summed E-state index contributed by atoms with van der Waals surface area (Å²) in [6.45, 7) is -3.31. The van der Waals surface area contributed by atoms with Crippen LogP contribution < -0.4 is 4.74 Å². The summed E-state index contributed by atoms with van der Waals surface area (Å²) in [5.41, 5.74) is -0.468. The number of carbonyl (C=O) groups is 1. The van der Waals surface area contributed by atoms with E-state index < -0.39 is 29.6 Å². The fraction of sp³-hybridized carbons (Fsp3) is 0.125. The van der Waals surface area contributed by atoms with Crippen molar-refractivity contribution >= 4 is 6.29 Å². The number of rotatable bonds is 3. The summed E-state index contributed by atoms with van der Waals surface area (Å²) in [6.07, 6.45) is 0.0975. The average molecular weight is 208 g/mol. The van der Waals surface area contributed by atoms with E-state index in [2.05, 4.69) is 4.74 Å². The molecule has 0 aromatic heterocycles. The Bertz CT molecular complexity index is 351. The van der Waals surface area contributed by atoms with Gasteiger partial charge in [-0.05, 0) is 12.1 Å². The van der Waals surface area contributed by atoms with Crippen LogP contribution in [0, 0.1) is 11.6 Å². The Morgan fingerprint density at radius 1 is 1.29 bits per heavy atom. The van der Waals surface area contributed by atoms with Gasteiger partial charge in [-0.15, -0.1) is 0 Å². The fourth-order valence-electron chi connectivity index (χ4n) is 0.849. The standard InChI is InChI=1S/C8H4F4O2/c9-5-2-1-4(3-13)7(6(5)10)14-8(11)12/h1-3,8H. The molecule has 0 fully saturated rings. The molecule has 1 rings (SSSR count). The molecule has 0 unspecified atom stereocenters. The second-order valence-corrected chi connectivity index (χ2v) is 2.28. The second kappa shape index (κ2) is 4.08. The quantitative estimate of drug-likeness (QED) is 0.563. The number of aldehydes is 1. The molecular formula is C8H4F4O2. The average Bonchev–Trinajstić information content (AvgIpc) is 2.13. The molecule has 0 aliphatic rings. The largest absolute Gasteiger partial charge is 0.431 e. The van der Waals surface area contributed by atoms with Gasteiger partial charge in [0.05, 0.1) is 5.56 Å². The third-order valence-corrected chi connectivity index (χ3v) is 1.41. The summed E-state index contributed by atoms with van der Waals surface area (Å²) >= 11 is 0. The van der Waals surface area contributed by atoms with Gasteiger partial charge in [-0.2, -0.15) is 13.2 Å². The molecule has 0 radical (unpaired) electrons. The van der Waals surface area contributed by atoms with E-state index in [9.17, 15) is 22.4 Å². The topological polar surface area (TPSA) is 26.3 Å². The van der Waals surface area contributed by atoms with Crippen LogP contribution >= 0.6 is 0 Å². The van der Waals surface area contributed by atoms with Gasteiger partial charge < -0.3 is 4.74 Å². The first-order valence-corrected chi connectivity index (χ1v) is 3.44. The van der Waals surface area contributed by atoms with Gasteiger partial charge >= 0.3 is 6.61 Å². The molecule has 0 aliphatic carbocycles. The van der Waals surface area contributed by atoms with Crippen molar-refractivity contribution in [2.75, 3.05) is 0 Å². The van der Waals surface area contributed by atoms with E-state index in [4.69, 9.17) is 0 Å². The van der Waals surface area contributed by atoms with Gasteiger partial charge in [-0.3, -0.25) is 4.79 Å². The number of ether oxygens (including phenoxy) is 1. The smallest absolute Gasteiger partial charge is 0.387 e. The highest BCUT2D eigenvalue weighted by Crippen LogP contribution is 2.25. The Hall–Kier alpha value is -1.59. The molecule has 76 valence electrons. The highest BCUT2D eigenvalue weighted by molar-refractivity contribution is 5.79. The molecular weight excluding hydrogens is 204 g/mol. The maximum absolute atomic E-state index is 12.8. The zero-order chi connectivity index (χ0) is 10.7. The van der Waals surface area contributed by atoms with Crippen molar-refractivity contribution < 1.29 is 27.1 Å². The first-order chi connectivity index (χ1) is 6.56. The Labute approximate surface area is 76.1 Å². The molecule has 2 nitrogen and oxygen atoms in total. The van der Waals surface area contributed by atoms with Crippen molar-refractivity contribution in [1.82, 2.24) is 0 Å². The van der Waals surface area contributed by atoms with Crippen LogP contribution in [0.1, 0.15) is 10.4 Å². The molecule has 0 bridgehead atoms. The van der Waals surface area contributed by atoms with Crippen molar-refractivity contribution in [3.8, 4) is 5.75 Å². The Morgan fingerprint density at radius 2 is 1.93 bits per heavy atom. The predicted molar refractivity (Wildman–Crippen MR) is 38.4 cm³/mol. The van der Waals surface area contributed by atoms with Gasteiger partial charge in [0.1, 0.15) is 0 Å². The first kappa shape index (κ1) is 10.5. The lowest BCUT2D eigenvalue weighted by molar-refractivity contribution is -0.0527. The van der Waals surface area contributed by atoms with Crippen LogP contribution in [0.25, 0.3) is 0 Å². The van der Waals surface area contributed by atoms with Crippen LogP contribution in [0.5, 0.6) is 5.75 Å². The number of halogens is 4. The molecule has 0 N–H and O–H groups in total. The van der Waals surface area contributed by atoms with Gasteiger partial charge in [0.25, 0.3) is 0 Å². The zero-order valence-electron chi connectivity index (χ0n) is 6.64. The van der Waals surface area contributed by atoms with Crippen molar-refractivity contribution in [3.05, 3.63) is 29.3 Å². The maximum atomic E-state index is 12.8. The number of hydrogen-bond donors (Lipinski definition) is 0. The fourth-order valence-corrected chi connectivity index (χ4v) is 0.849. The van der Waals surface area contributed by atoms with Crippen LogP contribution in [-0.4, -0.2) is 12.9 Å². The van der Waals surface area contributed by atoms with Crippen LogP contribution in [-0.2, 0) is 0 Å². The lowest BCUT2D eigenvalue weighted by atomic mass is 10.2. The molecule has 6 heteroatoms. The van der Waals surface area contributed by atoms with Gasteiger partial charge in [-0.1, -0.05) is 0 Å². The summed E-state index contributed by atoms with van der Waals surface area (Å²) in [7, 11) is 0. The molecule has 0 saturated carbocycles. The minimum atomic E-state index is -3.31. The maximum Gasteiger partial charge on any atom is 0.387 e. The van der Waals surface area contributed by atoms with Crippen LogP contribution in [0.2, 0.25) is 0 Å². The van der Waals surface area contributed by atoms with Crippen molar-refractivity contribution in [3.63, 3.8) is 0 Å². The van der Waals surface area contributed by atoms with E-state index in [1.54, 1.807) is 0 Å². The van der Waals surface area contributed by atoms with E-state index in [-0.39, 0.29) is 6.29 Å². The van der Waals surface area contributed by atoms with Gasteiger partial charge in [0, 0.05) is 0 Å². The highest BCUT2D eigenvalue weighted by atomic mass is 19.3. The molecule has 0 saturated heterocycles. The number of benzene rings is 1. The Morgan fingerprint density at radius 3 is 2.43 bits per heavy atom. The van der Waals surface area contributed by atoms with Crippen molar-refractivity contribution in [2.24, 2.45) is 0 Å². The molecule has 0 heterocycles. The molecule has 0 spiro atoms. The van der Waals surface area contributed by atoms with Crippen molar-refractivity contribution in [1.29, 1.82) is 0 Å². The van der Waals surface area contributed by atoms with Crippen LogP contribution in [0.4, 0.5) is 17.6 Å². The normalized spacial score (nSPS) is 10.4. The monoisotopic (exact) mass is 208 g/mol. The zero-order valence-corrected chi connectivity index (χ0v) is 6.64. The summed E-state index contributed by atoms with van der Waals surface area (Å²) in [5, 5.41) is 0. The van der Waals surface area contributed by atoms with E-state index in [0.29, 0.717) is 6.07 Å². The minimum absolute atomic E-state index is 0.0975. The number of alkyl halides is 2. The van der Waals surface area contributed by atoms with Crippen LogP contribution in [0.3, 0.4) is 0 Å². The molecule has 1 aromatic carbocycles. The van der Waals surface area contributed by atoms with Gasteiger partial charge in [0.15, 0.2) is 17.9 Å². The summed E-state index contributed by atoms with van der Waals surface area (Å²) < 4.78 is 52.5. The van der Waals surface area contributed by atoms with Crippen molar-refractivity contribution in [2.45, 2.75) is 6.61 Å². The summed E-state index contributed by atoms with van der Waals surface area (Å²) in [5.74, 6) is -4.03. The Kier molecular flexibility index (Phi) is 3.06. The van der Waals surface area contributed by atoms with E-state index in [1.165, 1.54) is 0 Å². The van der Waals surface area contributed by atoms with E-state index >= 15 is 0 Å². The third kappa shape index (κ3) is 2.01. The van der Waals surface area contributed by atoms with Gasteiger partial charge in [-0.25, -0.2) is 4.39 Å². The first-order valence-electron chi connectivity index (χ1n) is 3.44. The molecule has 0 atom stereocenters. The molecule has 14 heavy (non-hydrogen) atoms. The Balaban J connectivity index is 3.20. The third-order valence-electron chi connectivity index (χ3n) is 1.41. The van der Waals surface area contributed by atoms with Crippen LogP contribution in [0.15, 0.2) is 12.1 Å². The number of carbonyl (C=O) groups excluding carboxylic acids is 1. The van der Waals surface area contributed by atoms with E-state index in [0.717, 1.165) is 6.07 Å². The highest BCUT2D eigenvalue weighted by Gasteiger charge is 2.17. The lowest BCUT2D eigenvalue weighted by Crippen LogP contribution is -2.07. The van der Waals surface area contributed by atoms with E-state index in [1.807, 2.05) is 0 Å². The molecule has 0 aliphatic heterocycles. The minimum Gasteiger partial charge on any atom is -0.431 e. The molecule has 0 amide bonds. The molecule has 1 aromatic rings. The predicted octanol–water partition coefficient (Wildman–Crippen LogP) is 2.38. The lowest BCUT2D eigenvalue weighted by Gasteiger charge is -2.07. The summed E-state index contributed by atoms with van der Waals surface area (Å²) in [4.78, 5) is 10.3. The SMILES string of the molecule is O=Cc1ccc(F)c(F)c1OC(F)F.